The predicted molar refractivity (Wildman–Crippen MR) is 82.1 cm³/mol. The second-order valence-electron chi connectivity index (χ2n) is 5.72. The van der Waals surface area contributed by atoms with Gasteiger partial charge in [-0.15, -0.1) is 11.8 Å². The van der Waals surface area contributed by atoms with E-state index in [2.05, 4.69) is 34.2 Å². The Hall–Kier alpha value is -1.26. The first-order valence-corrected chi connectivity index (χ1v) is 8.26. The van der Waals surface area contributed by atoms with Crippen molar-refractivity contribution >= 4 is 23.2 Å². The Labute approximate surface area is 123 Å². The van der Waals surface area contributed by atoms with E-state index < -0.39 is 0 Å². The van der Waals surface area contributed by atoms with E-state index in [9.17, 15) is 4.79 Å². The Morgan fingerprint density at radius 2 is 2.00 bits per heavy atom. The molecule has 1 aromatic carbocycles. The van der Waals surface area contributed by atoms with Crippen molar-refractivity contribution in [2.24, 2.45) is 5.92 Å². The second-order valence-corrected chi connectivity index (χ2v) is 6.74. The Morgan fingerprint density at radius 1 is 1.15 bits per heavy atom. The number of carbonyl (C=O) groups excluding carboxylic acids is 1. The van der Waals surface area contributed by atoms with Gasteiger partial charge < -0.3 is 5.32 Å². The molecule has 0 saturated carbocycles. The van der Waals surface area contributed by atoms with Gasteiger partial charge in [-0.25, -0.2) is 0 Å². The highest BCUT2D eigenvalue weighted by Crippen LogP contribution is 2.41. The number of benzene rings is 1. The molecule has 2 N–H and O–H groups in total. The van der Waals surface area contributed by atoms with Crippen molar-refractivity contribution in [2.75, 3.05) is 6.67 Å². The molecular formula is C16H18N2OS. The highest BCUT2D eigenvalue weighted by Gasteiger charge is 2.39. The molecule has 4 rings (SSSR count). The molecule has 4 heteroatoms. The van der Waals surface area contributed by atoms with Crippen LogP contribution in [-0.2, 0) is 17.6 Å². The van der Waals surface area contributed by atoms with Gasteiger partial charge in [0.05, 0.1) is 18.0 Å². The largest absolute Gasteiger partial charge is 0.343 e. The number of thioether (sulfide) groups is 1. The number of hydrogen-bond acceptors (Lipinski definition) is 3. The molecule has 3 nitrogen and oxygen atoms in total. The Kier molecular flexibility index (Phi) is 3.08. The van der Waals surface area contributed by atoms with Crippen molar-refractivity contribution in [3.8, 4) is 0 Å². The number of aryl methyl sites for hydroxylation is 2. The highest BCUT2D eigenvalue weighted by molar-refractivity contribution is 8.03. The van der Waals surface area contributed by atoms with Crippen LogP contribution in [0, 0.1) is 5.92 Å². The Morgan fingerprint density at radius 3 is 2.90 bits per heavy atom. The zero-order valence-corrected chi connectivity index (χ0v) is 12.1. The maximum Gasteiger partial charge on any atom is 0.231 e. The van der Waals surface area contributed by atoms with Gasteiger partial charge in [0.25, 0.3) is 0 Å². The van der Waals surface area contributed by atoms with Gasteiger partial charge in [0.1, 0.15) is 0 Å². The molecule has 2 aliphatic heterocycles. The molecule has 20 heavy (non-hydrogen) atoms. The minimum atomic E-state index is -0.0459. The highest BCUT2D eigenvalue weighted by atomic mass is 32.2. The number of nitrogens with one attached hydrogen (secondary N) is 2. The second kappa shape index (κ2) is 4.93. The number of rotatable bonds is 1. The fraction of sp³-hybridized carbons (Fsp3) is 0.438. The molecule has 3 aliphatic rings. The van der Waals surface area contributed by atoms with Crippen molar-refractivity contribution in [2.45, 2.75) is 31.1 Å². The van der Waals surface area contributed by atoms with Crippen LogP contribution in [-0.4, -0.2) is 17.9 Å². The molecule has 1 aromatic rings. The topological polar surface area (TPSA) is 41.1 Å². The van der Waals surface area contributed by atoms with Crippen molar-refractivity contribution in [1.82, 2.24) is 10.6 Å². The summed E-state index contributed by atoms with van der Waals surface area (Å²) in [4.78, 5) is 12.1. The third-order valence-electron chi connectivity index (χ3n) is 4.51. The SMILES string of the molecule is O=C1NCNC2SC=C(c3ccc4c(c3)CCCC4)C12. The minimum absolute atomic E-state index is 0.0459. The van der Waals surface area contributed by atoms with Gasteiger partial charge in [-0.05, 0) is 53.4 Å². The van der Waals surface area contributed by atoms with Crippen molar-refractivity contribution in [1.29, 1.82) is 0 Å². The van der Waals surface area contributed by atoms with E-state index in [0.717, 1.165) is 0 Å². The van der Waals surface area contributed by atoms with Crippen LogP contribution in [0.3, 0.4) is 0 Å². The molecule has 2 unspecified atom stereocenters. The quantitative estimate of drug-likeness (QED) is 0.832. The molecule has 2 heterocycles. The molecule has 104 valence electrons. The van der Waals surface area contributed by atoms with E-state index in [0.29, 0.717) is 6.67 Å². The van der Waals surface area contributed by atoms with Crippen LogP contribution in [0.15, 0.2) is 23.6 Å². The summed E-state index contributed by atoms with van der Waals surface area (Å²) in [6.45, 7) is 0.582. The van der Waals surface area contributed by atoms with Gasteiger partial charge in [-0.1, -0.05) is 18.2 Å². The van der Waals surface area contributed by atoms with Crippen LogP contribution < -0.4 is 10.6 Å². The van der Waals surface area contributed by atoms with Gasteiger partial charge >= 0.3 is 0 Å². The van der Waals surface area contributed by atoms with E-state index in [1.807, 2.05) is 0 Å². The van der Waals surface area contributed by atoms with Gasteiger partial charge in [-0.3, -0.25) is 10.1 Å². The summed E-state index contributed by atoms with van der Waals surface area (Å²) >= 11 is 1.74. The first-order chi connectivity index (χ1) is 9.83. The first kappa shape index (κ1) is 12.5. The maximum absolute atomic E-state index is 12.1. The van der Waals surface area contributed by atoms with Gasteiger partial charge in [0.2, 0.25) is 5.91 Å². The van der Waals surface area contributed by atoms with E-state index in [-0.39, 0.29) is 17.2 Å². The summed E-state index contributed by atoms with van der Waals surface area (Å²) in [7, 11) is 0. The molecule has 1 amide bonds. The van der Waals surface area contributed by atoms with Crippen LogP contribution in [0.25, 0.3) is 5.57 Å². The third-order valence-corrected chi connectivity index (χ3v) is 5.63. The summed E-state index contributed by atoms with van der Waals surface area (Å²) in [6.07, 6.45) is 4.99. The first-order valence-electron chi connectivity index (χ1n) is 7.32. The lowest BCUT2D eigenvalue weighted by molar-refractivity contribution is -0.124. The van der Waals surface area contributed by atoms with Crippen molar-refractivity contribution < 1.29 is 4.79 Å². The van der Waals surface area contributed by atoms with Gasteiger partial charge in [0, 0.05) is 0 Å². The molecule has 0 radical (unpaired) electrons. The van der Waals surface area contributed by atoms with E-state index in [1.165, 1.54) is 47.9 Å². The van der Waals surface area contributed by atoms with Crippen LogP contribution >= 0.6 is 11.8 Å². The lowest BCUT2D eigenvalue weighted by Gasteiger charge is -2.28. The number of carbonyl (C=O) groups is 1. The summed E-state index contributed by atoms with van der Waals surface area (Å²) in [6, 6.07) is 6.77. The molecule has 0 spiro atoms. The zero-order chi connectivity index (χ0) is 13.5. The third kappa shape index (κ3) is 1.98. The molecular weight excluding hydrogens is 268 g/mol. The van der Waals surface area contributed by atoms with Crippen LogP contribution in [0.2, 0.25) is 0 Å². The number of amides is 1. The molecule has 0 bridgehead atoms. The van der Waals surface area contributed by atoms with Gasteiger partial charge in [-0.2, -0.15) is 0 Å². The summed E-state index contributed by atoms with van der Waals surface area (Å²) in [5.41, 5.74) is 5.38. The zero-order valence-electron chi connectivity index (χ0n) is 11.3. The molecule has 0 aromatic heterocycles. The normalized spacial score (nSPS) is 28.4. The Bertz CT molecular complexity index is 596. The monoisotopic (exact) mass is 286 g/mol. The van der Waals surface area contributed by atoms with Crippen molar-refractivity contribution in [3.63, 3.8) is 0 Å². The fourth-order valence-corrected chi connectivity index (χ4v) is 4.60. The van der Waals surface area contributed by atoms with Crippen molar-refractivity contribution in [3.05, 3.63) is 40.3 Å². The van der Waals surface area contributed by atoms with E-state index in [1.54, 1.807) is 11.8 Å². The lowest BCUT2D eigenvalue weighted by atomic mass is 9.86. The standard InChI is InChI=1S/C16H18N2OS/c19-15-14-13(8-20-16(14)18-9-17-15)12-6-5-10-3-1-2-4-11(10)7-12/h5-8,14,16,18H,1-4,9H2,(H,17,19). The summed E-state index contributed by atoms with van der Waals surface area (Å²) in [5.74, 6) is 0.109. The van der Waals surface area contributed by atoms with E-state index >= 15 is 0 Å². The average Bonchev–Trinajstić information content (AvgIpc) is 2.92. The average molecular weight is 286 g/mol. The predicted octanol–water partition coefficient (Wildman–Crippen LogP) is 2.27. The summed E-state index contributed by atoms with van der Waals surface area (Å²) < 4.78 is 0. The summed E-state index contributed by atoms with van der Waals surface area (Å²) in [5, 5.41) is 8.63. The molecule has 2 atom stereocenters. The van der Waals surface area contributed by atoms with Crippen LogP contribution in [0.1, 0.15) is 29.5 Å². The lowest BCUT2D eigenvalue weighted by Crippen LogP contribution is -2.52. The number of fused-ring (bicyclic) bond motifs is 2. The fourth-order valence-electron chi connectivity index (χ4n) is 3.42. The molecule has 1 saturated heterocycles. The smallest absolute Gasteiger partial charge is 0.231 e. The van der Waals surface area contributed by atoms with Crippen LogP contribution in [0.4, 0.5) is 0 Å². The minimum Gasteiger partial charge on any atom is -0.343 e. The Balaban J connectivity index is 1.69. The molecule has 1 aliphatic carbocycles. The van der Waals surface area contributed by atoms with Crippen LogP contribution in [0.5, 0.6) is 0 Å². The number of hydrogen-bond donors (Lipinski definition) is 2. The maximum atomic E-state index is 12.1. The molecule has 1 fully saturated rings. The van der Waals surface area contributed by atoms with Gasteiger partial charge in [0.15, 0.2) is 0 Å². The van der Waals surface area contributed by atoms with E-state index in [4.69, 9.17) is 0 Å².